The molecule has 6 heteroatoms. The van der Waals surface area contributed by atoms with Gasteiger partial charge in [-0.1, -0.05) is 23.9 Å². The minimum Gasteiger partial charge on any atom is -0.396 e. The van der Waals surface area contributed by atoms with E-state index in [1.54, 1.807) is 25.1 Å². The molecule has 0 spiro atoms. The zero-order valence-electron chi connectivity index (χ0n) is 11.1. The van der Waals surface area contributed by atoms with Gasteiger partial charge in [0.1, 0.15) is 0 Å². The van der Waals surface area contributed by atoms with Crippen molar-refractivity contribution in [2.24, 2.45) is 0 Å². The van der Waals surface area contributed by atoms with Crippen molar-refractivity contribution in [3.63, 3.8) is 0 Å². The average molecular weight is 289 g/mol. The van der Waals surface area contributed by atoms with Crippen LogP contribution < -0.4 is 5.56 Å². The molecule has 2 rings (SSSR count). The zero-order valence-corrected chi connectivity index (χ0v) is 11.9. The molecule has 0 bridgehead atoms. The summed E-state index contributed by atoms with van der Waals surface area (Å²) in [4.78, 5) is 16.9. The molecule has 0 saturated heterocycles. The summed E-state index contributed by atoms with van der Waals surface area (Å²) in [6.07, 6.45) is 0.481. The molecule has 0 saturated carbocycles. The number of rotatable bonds is 5. The van der Waals surface area contributed by atoms with Gasteiger partial charge in [0, 0.05) is 13.2 Å². The Morgan fingerprint density at radius 1 is 1.50 bits per heavy atom. The van der Waals surface area contributed by atoms with Crippen molar-refractivity contribution < 1.29 is 5.11 Å². The first-order valence-corrected chi connectivity index (χ1v) is 7.22. The maximum atomic E-state index is 12.5. The lowest BCUT2D eigenvalue weighted by atomic mass is 10.2. The van der Waals surface area contributed by atoms with Crippen molar-refractivity contribution >= 4 is 22.7 Å². The van der Waals surface area contributed by atoms with Crippen LogP contribution in [0.25, 0.3) is 10.9 Å². The Kier molecular flexibility index (Phi) is 4.77. The standard InChI is InChI=1S/C14H15N3O2S/c1-10(9-15)20-14-16-12-6-3-2-5-11(12)13(19)17(14)7-4-8-18/h2-3,5-6,10,18H,4,7-8H2,1H3/t10-/m1/s1. The van der Waals surface area contributed by atoms with Crippen molar-refractivity contribution in [2.75, 3.05) is 6.61 Å². The molecule has 1 heterocycles. The van der Waals surface area contributed by atoms with Gasteiger partial charge in [0.15, 0.2) is 5.16 Å². The number of para-hydroxylation sites is 1. The van der Waals surface area contributed by atoms with Gasteiger partial charge in [0.25, 0.3) is 5.56 Å². The molecular formula is C14H15N3O2S. The van der Waals surface area contributed by atoms with E-state index in [4.69, 9.17) is 10.4 Å². The maximum Gasteiger partial charge on any atom is 0.262 e. The molecule has 20 heavy (non-hydrogen) atoms. The van der Waals surface area contributed by atoms with E-state index in [0.29, 0.717) is 29.0 Å². The summed E-state index contributed by atoms with van der Waals surface area (Å²) >= 11 is 1.26. The van der Waals surface area contributed by atoms with Crippen LogP contribution in [-0.4, -0.2) is 26.5 Å². The first-order chi connectivity index (χ1) is 9.67. The summed E-state index contributed by atoms with van der Waals surface area (Å²) in [6.45, 7) is 2.17. The summed E-state index contributed by atoms with van der Waals surface area (Å²) in [7, 11) is 0. The molecule has 0 aliphatic rings. The topological polar surface area (TPSA) is 78.9 Å². The predicted octanol–water partition coefficient (Wildman–Crippen LogP) is 1.78. The molecular weight excluding hydrogens is 274 g/mol. The highest BCUT2D eigenvalue weighted by Gasteiger charge is 2.13. The first-order valence-electron chi connectivity index (χ1n) is 6.34. The van der Waals surface area contributed by atoms with E-state index in [1.165, 1.54) is 16.3 Å². The number of nitrogens with zero attached hydrogens (tertiary/aromatic N) is 3. The molecule has 0 aliphatic carbocycles. The Morgan fingerprint density at radius 3 is 2.95 bits per heavy atom. The Bertz CT molecular complexity index is 706. The van der Waals surface area contributed by atoms with Gasteiger partial charge in [-0.2, -0.15) is 5.26 Å². The van der Waals surface area contributed by atoms with Gasteiger partial charge in [-0.05, 0) is 25.5 Å². The van der Waals surface area contributed by atoms with Gasteiger partial charge in [0.05, 0.1) is 22.2 Å². The highest BCUT2D eigenvalue weighted by Crippen LogP contribution is 2.22. The minimum atomic E-state index is -0.288. The Labute approximate surface area is 120 Å². The second-order valence-corrected chi connectivity index (χ2v) is 5.64. The number of fused-ring (bicyclic) bond motifs is 1. The van der Waals surface area contributed by atoms with Crippen molar-refractivity contribution in [1.82, 2.24) is 9.55 Å². The summed E-state index contributed by atoms with van der Waals surface area (Å²) in [5.74, 6) is 0. The fourth-order valence-electron chi connectivity index (χ4n) is 1.85. The molecule has 1 aromatic carbocycles. The maximum absolute atomic E-state index is 12.5. The highest BCUT2D eigenvalue weighted by atomic mass is 32.2. The molecule has 5 nitrogen and oxygen atoms in total. The monoisotopic (exact) mass is 289 g/mol. The second kappa shape index (κ2) is 6.55. The molecule has 0 unspecified atom stereocenters. The van der Waals surface area contributed by atoms with Crippen LogP contribution >= 0.6 is 11.8 Å². The predicted molar refractivity (Wildman–Crippen MR) is 78.6 cm³/mol. The van der Waals surface area contributed by atoms with Gasteiger partial charge in [-0.15, -0.1) is 0 Å². The molecule has 104 valence electrons. The van der Waals surface area contributed by atoms with Gasteiger partial charge in [-0.3, -0.25) is 9.36 Å². The number of benzene rings is 1. The number of thioether (sulfide) groups is 1. The van der Waals surface area contributed by atoms with E-state index in [0.717, 1.165) is 0 Å². The third kappa shape index (κ3) is 3.00. The lowest BCUT2D eigenvalue weighted by Crippen LogP contribution is -2.24. The van der Waals surface area contributed by atoms with E-state index in [2.05, 4.69) is 11.1 Å². The number of aromatic nitrogens is 2. The molecule has 1 aromatic heterocycles. The molecule has 1 atom stereocenters. The normalized spacial score (nSPS) is 12.2. The van der Waals surface area contributed by atoms with Gasteiger partial charge >= 0.3 is 0 Å². The SMILES string of the molecule is C[C@H](C#N)Sc1nc2ccccc2c(=O)n1CCCO. The van der Waals surface area contributed by atoms with E-state index in [9.17, 15) is 4.79 Å². The van der Waals surface area contributed by atoms with Gasteiger partial charge in [0.2, 0.25) is 0 Å². The molecule has 0 fully saturated rings. The van der Waals surface area contributed by atoms with Crippen molar-refractivity contribution in [3.05, 3.63) is 34.6 Å². The molecule has 0 radical (unpaired) electrons. The smallest absolute Gasteiger partial charge is 0.262 e. The summed E-state index contributed by atoms with van der Waals surface area (Å²) < 4.78 is 1.54. The highest BCUT2D eigenvalue weighted by molar-refractivity contribution is 8.00. The Morgan fingerprint density at radius 2 is 2.25 bits per heavy atom. The number of aliphatic hydroxyl groups excluding tert-OH is 1. The van der Waals surface area contributed by atoms with Gasteiger partial charge < -0.3 is 5.11 Å². The number of hydrogen-bond acceptors (Lipinski definition) is 5. The average Bonchev–Trinajstić information content (AvgIpc) is 2.47. The largest absolute Gasteiger partial charge is 0.396 e. The lowest BCUT2D eigenvalue weighted by Gasteiger charge is -2.13. The second-order valence-electron chi connectivity index (χ2n) is 4.33. The van der Waals surface area contributed by atoms with Crippen molar-refractivity contribution in [2.45, 2.75) is 30.3 Å². The van der Waals surface area contributed by atoms with Crippen LogP contribution in [0.3, 0.4) is 0 Å². The fourth-order valence-corrected chi connectivity index (χ4v) is 2.67. The van der Waals surface area contributed by atoms with Crippen LogP contribution in [0.2, 0.25) is 0 Å². The third-order valence-electron chi connectivity index (χ3n) is 2.83. The molecule has 0 amide bonds. The van der Waals surface area contributed by atoms with Crippen LogP contribution in [0, 0.1) is 11.3 Å². The number of hydrogen-bond donors (Lipinski definition) is 1. The van der Waals surface area contributed by atoms with Crippen molar-refractivity contribution in [1.29, 1.82) is 5.26 Å². The summed E-state index contributed by atoms with van der Waals surface area (Å²) in [6, 6.07) is 9.27. The van der Waals surface area contributed by atoms with Crippen LogP contribution in [0.5, 0.6) is 0 Å². The van der Waals surface area contributed by atoms with Crippen LogP contribution in [-0.2, 0) is 6.54 Å². The van der Waals surface area contributed by atoms with Crippen LogP contribution in [0.1, 0.15) is 13.3 Å². The van der Waals surface area contributed by atoms with Crippen molar-refractivity contribution in [3.8, 4) is 6.07 Å². The molecule has 0 aliphatic heterocycles. The summed E-state index contributed by atoms with van der Waals surface area (Å²) in [5, 5.41) is 18.7. The minimum absolute atomic E-state index is 0.0111. The van der Waals surface area contributed by atoms with Crippen LogP contribution in [0.4, 0.5) is 0 Å². The molecule has 1 N–H and O–H groups in total. The van der Waals surface area contributed by atoms with E-state index in [1.807, 2.05) is 6.07 Å². The van der Waals surface area contributed by atoms with E-state index in [-0.39, 0.29) is 17.4 Å². The van der Waals surface area contributed by atoms with Crippen LogP contribution in [0.15, 0.2) is 34.2 Å². The van der Waals surface area contributed by atoms with E-state index >= 15 is 0 Å². The first kappa shape index (κ1) is 14.6. The summed E-state index contributed by atoms with van der Waals surface area (Å²) in [5.41, 5.74) is 0.502. The third-order valence-corrected chi connectivity index (χ3v) is 3.81. The Hall–Kier alpha value is -1.84. The number of nitriles is 1. The zero-order chi connectivity index (χ0) is 14.5. The number of aliphatic hydroxyl groups is 1. The van der Waals surface area contributed by atoms with E-state index < -0.39 is 0 Å². The van der Waals surface area contributed by atoms with Gasteiger partial charge in [-0.25, -0.2) is 4.98 Å². The quantitative estimate of drug-likeness (QED) is 0.670. The fraction of sp³-hybridized carbons (Fsp3) is 0.357. The molecule has 2 aromatic rings. The lowest BCUT2D eigenvalue weighted by molar-refractivity contribution is 0.276. The Balaban J connectivity index is 2.57.